The van der Waals surface area contributed by atoms with Gasteiger partial charge in [0, 0.05) is 11.6 Å². The van der Waals surface area contributed by atoms with Crippen LogP contribution in [0, 0.1) is 0 Å². The number of hydrogen-bond donors (Lipinski definition) is 1. The molecule has 0 fully saturated rings. The fraction of sp³-hybridized carbons (Fsp3) is 0.154. The molecule has 0 saturated carbocycles. The van der Waals surface area contributed by atoms with Gasteiger partial charge in [-0.15, -0.1) is 0 Å². The molecule has 4 heteroatoms. The molecule has 0 aliphatic carbocycles. The monoisotopic (exact) mass is 230 g/mol. The molecule has 3 rings (SSSR count). The lowest BCUT2D eigenvalue weighted by Crippen LogP contribution is -2.46. The van der Waals surface area contributed by atoms with Crippen LogP contribution < -0.4 is 4.74 Å². The van der Waals surface area contributed by atoms with Crippen molar-refractivity contribution in [2.24, 2.45) is 0 Å². The second kappa shape index (κ2) is 3.21. The van der Waals surface area contributed by atoms with Gasteiger partial charge in [-0.25, -0.2) is 0 Å². The van der Waals surface area contributed by atoms with Crippen LogP contribution in [0.1, 0.15) is 12.5 Å². The fourth-order valence-corrected chi connectivity index (χ4v) is 1.96. The van der Waals surface area contributed by atoms with Gasteiger partial charge in [-0.2, -0.15) is 0 Å². The molecule has 0 radical (unpaired) electrons. The van der Waals surface area contributed by atoms with Gasteiger partial charge in [0.2, 0.25) is 0 Å². The largest absolute Gasteiger partial charge is 0.431 e. The number of carbonyl (C=O) groups is 1. The lowest BCUT2D eigenvalue weighted by atomic mass is 9.99. The lowest BCUT2D eigenvalue weighted by Gasteiger charge is -2.35. The number of carbonyl (C=O) groups excluding carboxylic acids is 1. The number of fused-ring (bicyclic) bond motifs is 2. The van der Waals surface area contributed by atoms with Crippen LogP contribution in [0.5, 0.6) is 5.75 Å². The molecule has 2 heterocycles. The van der Waals surface area contributed by atoms with Crippen LogP contribution in [0.25, 0.3) is 6.08 Å². The maximum atomic E-state index is 11.8. The summed E-state index contributed by atoms with van der Waals surface area (Å²) in [6.45, 7) is 1.59. The molecule has 1 aromatic rings. The van der Waals surface area contributed by atoms with E-state index in [2.05, 4.69) is 0 Å². The van der Waals surface area contributed by atoms with Gasteiger partial charge in [0.25, 0.3) is 0 Å². The van der Waals surface area contributed by atoms with Crippen molar-refractivity contribution in [3.8, 4) is 5.75 Å². The van der Waals surface area contributed by atoms with Crippen molar-refractivity contribution < 1.29 is 19.4 Å². The van der Waals surface area contributed by atoms with Gasteiger partial charge in [0.1, 0.15) is 17.1 Å². The number of aliphatic hydroxyl groups is 1. The quantitative estimate of drug-likeness (QED) is 0.735. The molecular weight excluding hydrogens is 220 g/mol. The number of hydrogen-bond acceptors (Lipinski definition) is 4. The minimum Gasteiger partial charge on any atom is -0.431 e. The zero-order valence-corrected chi connectivity index (χ0v) is 9.14. The van der Waals surface area contributed by atoms with Crippen molar-refractivity contribution in [1.29, 1.82) is 0 Å². The highest BCUT2D eigenvalue weighted by molar-refractivity contribution is 6.09. The molecule has 1 N–H and O–H groups in total. The zero-order valence-electron chi connectivity index (χ0n) is 9.14. The average Bonchev–Trinajstić information content (AvgIpc) is 2.25. The maximum absolute atomic E-state index is 11.8. The summed E-state index contributed by atoms with van der Waals surface area (Å²) in [5, 5.41) is 10.2. The van der Waals surface area contributed by atoms with E-state index in [-0.39, 0.29) is 11.4 Å². The Kier molecular flexibility index (Phi) is 1.91. The Labute approximate surface area is 97.8 Å². The Morgan fingerprint density at radius 1 is 1.18 bits per heavy atom. The van der Waals surface area contributed by atoms with Crippen LogP contribution in [0.15, 0.2) is 41.7 Å². The van der Waals surface area contributed by atoms with Crippen molar-refractivity contribution in [3.05, 3.63) is 47.2 Å². The van der Waals surface area contributed by atoms with Crippen molar-refractivity contribution in [2.45, 2.75) is 12.9 Å². The van der Waals surface area contributed by atoms with E-state index in [1.165, 1.54) is 6.08 Å². The van der Waals surface area contributed by atoms with Crippen molar-refractivity contribution in [2.75, 3.05) is 0 Å². The van der Waals surface area contributed by atoms with E-state index in [0.717, 1.165) is 5.56 Å². The highest BCUT2D eigenvalue weighted by Gasteiger charge is 2.46. The summed E-state index contributed by atoms with van der Waals surface area (Å²) in [7, 11) is 0. The Morgan fingerprint density at radius 3 is 2.76 bits per heavy atom. The number of benzene rings is 1. The number of para-hydroxylation sites is 1. The fourth-order valence-electron chi connectivity index (χ4n) is 1.96. The summed E-state index contributed by atoms with van der Waals surface area (Å²) >= 11 is 0. The summed E-state index contributed by atoms with van der Waals surface area (Å²) in [6, 6.07) is 7.13. The van der Waals surface area contributed by atoms with Crippen LogP contribution in [-0.2, 0) is 9.53 Å². The number of ether oxygens (including phenoxy) is 2. The van der Waals surface area contributed by atoms with E-state index in [9.17, 15) is 9.90 Å². The SMILES string of the molecule is CC1=CC(=O)C2=Cc3ccccc3OC2(O)O1. The highest BCUT2D eigenvalue weighted by Crippen LogP contribution is 2.38. The minimum atomic E-state index is -2.00. The minimum absolute atomic E-state index is 0.0989. The van der Waals surface area contributed by atoms with Gasteiger partial charge in [-0.1, -0.05) is 18.2 Å². The maximum Gasteiger partial charge on any atom is 0.402 e. The summed E-state index contributed by atoms with van der Waals surface area (Å²) in [4.78, 5) is 11.8. The van der Waals surface area contributed by atoms with Crippen molar-refractivity contribution >= 4 is 11.9 Å². The summed E-state index contributed by atoms with van der Waals surface area (Å²) in [6.07, 6.45) is 2.92. The smallest absolute Gasteiger partial charge is 0.402 e. The van der Waals surface area contributed by atoms with Gasteiger partial charge < -0.3 is 14.6 Å². The van der Waals surface area contributed by atoms with E-state index in [0.29, 0.717) is 11.5 Å². The van der Waals surface area contributed by atoms with E-state index in [1.54, 1.807) is 31.2 Å². The van der Waals surface area contributed by atoms with Crippen molar-refractivity contribution in [1.82, 2.24) is 0 Å². The molecule has 4 nitrogen and oxygen atoms in total. The number of rotatable bonds is 0. The molecule has 0 spiro atoms. The van der Waals surface area contributed by atoms with Gasteiger partial charge in [-0.05, 0) is 19.1 Å². The van der Waals surface area contributed by atoms with Crippen LogP contribution in [0.4, 0.5) is 0 Å². The first kappa shape index (κ1) is 10.1. The topological polar surface area (TPSA) is 55.8 Å². The standard InChI is InChI=1S/C13H10O4/c1-8-6-11(14)10-7-9-4-2-3-5-12(9)17-13(10,15)16-8/h2-7,15H,1H3. The molecule has 2 aliphatic heterocycles. The predicted octanol–water partition coefficient (Wildman–Crippen LogP) is 1.61. The third-order valence-corrected chi connectivity index (χ3v) is 2.71. The van der Waals surface area contributed by atoms with E-state index < -0.39 is 5.97 Å². The van der Waals surface area contributed by atoms with Gasteiger partial charge in [0.15, 0.2) is 5.78 Å². The normalized spacial score (nSPS) is 25.9. The third-order valence-electron chi connectivity index (χ3n) is 2.71. The summed E-state index contributed by atoms with van der Waals surface area (Å²) < 4.78 is 10.6. The Balaban J connectivity index is 2.18. The van der Waals surface area contributed by atoms with Gasteiger partial charge in [-0.3, -0.25) is 4.79 Å². The first-order chi connectivity index (χ1) is 8.08. The van der Waals surface area contributed by atoms with E-state index in [1.807, 2.05) is 6.07 Å². The second-order valence-electron chi connectivity index (χ2n) is 4.00. The molecule has 0 bridgehead atoms. The summed E-state index contributed by atoms with van der Waals surface area (Å²) in [5.74, 6) is -1.48. The molecule has 0 aromatic heterocycles. The van der Waals surface area contributed by atoms with Crippen molar-refractivity contribution in [3.63, 3.8) is 0 Å². The molecule has 2 aliphatic rings. The second-order valence-corrected chi connectivity index (χ2v) is 4.00. The molecule has 0 amide bonds. The van der Waals surface area contributed by atoms with Crippen LogP contribution in [0.3, 0.4) is 0 Å². The molecule has 1 aromatic carbocycles. The van der Waals surface area contributed by atoms with E-state index >= 15 is 0 Å². The zero-order chi connectivity index (χ0) is 12.0. The first-order valence-electron chi connectivity index (χ1n) is 5.23. The lowest BCUT2D eigenvalue weighted by molar-refractivity contribution is -0.275. The third kappa shape index (κ3) is 1.45. The number of ketones is 1. The van der Waals surface area contributed by atoms with Crippen LogP contribution in [0.2, 0.25) is 0 Å². The predicted molar refractivity (Wildman–Crippen MR) is 59.8 cm³/mol. The Hall–Kier alpha value is -2.07. The molecular formula is C13H10O4. The van der Waals surface area contributed by atoms with Gasteiger partial charge in [0.05, 0.1) is 0 Å². The number of allylic oxidation sites excluding steroid dienone is 2. The average molecular weight is 230 g/mol. The molecule has 17 heavy (non-hydrogen) atoms. The Bertz CT molecular complexity index is 571. The van der Waals surface area contributed by atoms with E-state index in [4.69, 9.17) is 9.47 Å². The first-order valence-corrected chi connectivity index (χ1v) is 5.23. The van der Waals surface area contributed by atoms with Crippen LogP contribution in [-0.4, -0.2) is 16.9 Å². The Morgan fingerprint density at radius 2 is 1.94 bits per heavy atom. The highest BCUT2D eigenvalue weighted by atomic mass is 16.8. The van der Waals surface area contributed by atoms with Gasteiger partial charge >= 0.3 is 5.97 Å². The molecule has 86 valence electrons. The van der Waals surface area contributed by atoms with Crippen LogP contribution >= 0.6 is 0 Å². The molecule has 1 atom stereocenters. The molecule has 1 unspecified atom stereocenters. The summed E-state index contributed by atoms with van der Waals surface area (Å²) in [5.41, 5.74) is 0.846. The molecule has 0 saturated heterocycles.